The number of nitrogens with zero attached hydrogens (tertiary/aromatic N) is 4. The van der Waals surface area contributed by atoms with Crippen LogP contribution in [0.15, 0.2) is 90.4 Å². The summed E-state index contributed by atoms with van der Waals surface area (Å²) in [4.78, 5) is 31.8. The zero-order chi connectivity index (χ0) is 33.7. The molecule has 0 radical (unpaired) electrons. The molecular formula is C38H40N6O5. The molecule has 11 heteroatoms. The van der Waals surface area contributed by atoms with Crippen LogP contribution in [0.1, 0.15) is 28.8 Å². The van der Waals surface area contributed by atoms with Gasteiger partial charge in [-0.1, -0.05) is 42.0 Å². The van der Waals surface area contributed by atoms with Gasteiger partial charge in [0.05, 0.1) is 32.6 Å². The van der Waals surface area contributed by atoms with Crippen LogP contribution in [0.25, 0.3) is 33.4 Å². The number of nitrogens with one attached hydrogen (secondary N) is 1. The lowest BCUT2D eigenvalue weighted by Crippen LogP contribution is -2.32. The van der Waals surface area contributed by atoms with Gasteiger partial charge in [-0.15, -0.1) is 0 Å². The zero-order valence-corrected chi connectivity index (χ0v) is 27.5. The van der Waals surface area contributed by atoms with Crippen LogP contribution < -0.4 is 16.5 Å². The van der Waals surface area contributed by atoms with E-state index < -0.39 is 5.91 Å². The standard InChI is InChI=1S/C38H40N6O5/c1-25-2-4-28(5-3-25)34-22-43(19-26-10-12-47-13-11-26)23-35(36(34)45)38(46)42-31-8-6-27(7-9-31)33-16-29(17-40-37(33)39)30-18-41-44(20-30)21-32-24-48-14-15-49-32/h2-9,16-18,20,22-23,26,32H,10-15,19,21,24H2,1H3,(H2,39,40)(H,42,46)/t32-/m0/s1. The summed E-state index contributed by atoms with van der Waals surface area (Å²) >= 11 is 0. The van der Waals surface area contributed by atoms with Crippen LogP contribution in [0, 0.1) is 12.8 Å². The van der Waals surface area contributed by atoms with Gasteiger partial charge in [0, 0.05) is 72.5 Å². The number of carbonyl (C=O) groups is 1. The van der Waals surface area contributed by atoms with Crippen molar-refractivity contribution in [1.82, 2.24) is 19.3 Å². The number of rotatable bonds is 9. The molecule has 0 spiro atoms. The largest absolute Gasteiger partial charge is 0.383 e. The van der Waals surface area contributed by atoms with Crippen LogP contribution in [-0.4, -0.2) is 64.4 Å². The average Bonchev–Trinajstić information content (AvgIpc) is 3.59. The molecule has 1 amide bonds. The summed E-state index contributed by atoms with van der Waals surface area (Å²) < 4.78 is 20.6. The number of nitrogen functional groups attached to an aromatic ring is 1. The fraction of sp³-hybridized carbons (Fsp3) is 0.316. The van der Waals surface area contributed by atoms with Crippen LogP contribution in [0.5, 0.6) is 0 Å². The number of carbonyl (C=O) groups excluding carboxylic acids is 1. The molecule has 2 aromatic carbocycles. The number of hydrogen-bond acceptors (Lipinski definition) is 8. The van der Waals surface area contributed by atoms with E-state index in [1.165, 1.54) is 0 Å². The summed E-state index contributed by atoms with van der Waals surface area (Å²) in [6.45, 7) is 6.51. The number of aryl methyl sites for hydroxylation is 1. The predicted octanol–water partition coefficient (Wildman–Crippen LogP) is 5.43. The van der Waals surface area contributed by atoms with Gasteiger partial charge < -0.3 is 29.8 Å². The van der Waals surface area contributed by atoms with Crippen molar-refractivity contribution >= 4 is 17.4 Å². The van der Waals surface area contributed by atoms with Crippen LogP contribution in [-0.2, 0) is 27.3 Å². The highest BCUT2D eigenvalue weighted by Crippen LogP contribution is 2.30. The van der Waals surface area contributed by atoms with E-state index in [1.54, 1.807) is 30.7 Å². The van der Waals surface area contributed by atoms with E-state index in [1.807, 2.05) is 71.0 Å². The summed E-state index contributed by atoms with van der Waals surface area (Å²) in [7, 11) is 0. The maximum absolute atomic E-state index is 13.7. The number of ether oxygens (including phenoxy) is 3. The Kier molecular flexibility index (Phi) is 9.65. The second kappa shape index (κ2) is 14.6. The lowest BCUT2D eigenvalue weighted by molar-refractivity contribution is -0.0946. The molecule has 0 aliphatic carbocycles. The molecular weight excluding hydrogens is 620 g/mol. The van der Waals surface area contributed by atoms with Gasteiger partial charge in [-0.3, -0.25) is 14.3 Å². The monoisotopic (exact) mass is 660 g/mol. The fourth-order valence-electron chi connectivity index (χ4n) is 6.32. The molecule has 0 saturated carbocycles. The van der Waals surface area contributed by atoms with Crippen molar-refractivity contribution in [3.8, 4) is 33.4 Å². The maximum Gasteiger partial charge on any atom is 0.261 e. The molecule has 2 aliphatic rings. The molecule has 3 aromatic heterocycles. The zero-order valence-electron chi connectivity index (χ0n) is 27.5. The average molecular weight is 661 g/mol. The third-order valence-electron chi connectivity index (χ3n) is 9.11. The first kappa shape index (κ1) is 32.4. The summed E-state index contributed by atoms with van der Waals surface area (Å²) in [5.41, 5.74) is 12.4. The molecule has 1 atom stereocenters. The molecule has 11 nitrogen and oxygen atoms in total. The van der Waals surface area contributed by atoms with Crippen molar-refractivity contribution in [2.24, 2.45) is 5.92 Å². The van der Waals surface area contributed by atoms with Crippen molar-refractivity contribution in [3.63, 3.8) is 0 Å². The first-order chi connectivity index (χ1) is 23.9. The Labute approximate surface area is 284 Å². The smallest absolute Gasteiger partial charge is 0.261 e. The number of benzene rings is 2. The van der Waals surface area contributed by atoms with Crippen LogP contribution >= 0.6 is 0 Å². The van der Waals surface area contributed by atoms with E-state index in [-0.39, 0.29) is 17.1 Å². The highest BCUT2D eigenvalue weighted by atomic mass is 16.6. The number of pyridine rings is 2. The van der Waals surface area contributed by atoms with Gasteiger partial charge in [-0.05, 0) is 55.0 Å². The Hall–Kier alpha value is -5.10. The minimum atomic E-state index is -0.460. The summed E-state index contributed by atoms with van der Waals surface area (Å²) in [5, 5.41) is 7.43. The Balaban J connectivity index is 1.10. The fourth-order valence-corrected chi connectivity index (χ4v) is 6.32. The number of aromatic nitrogens is 4. The molecule has 7 rings (SSSR count). The quantitative estimate of drug-likeness (QED) is 0.214. The number of anilines is 2. The third-order valence-corrected chi connectivity index (χ3v) is 9.11. The second-order valence-corrected chi connectivity index (χ2v) is 12.7. The molecule has 3 N–H and O–H groups in total. The predicted molar refractivity (Wildman–Crippen MR) is 188 cm³/mol. The highest BCUT2D eigenvalue weighted by molar-refractivity contribution is 6.04. The lowest BCUT2D eigenvalue weighted by Gasteiger charge is -2.23. The second-order valence-electron chi connectivity index (χ2n) is 12.7. The van der Waals surface area contributed by atoms with Gasteiger partial charge in [0.25, 0.3) is 5.91 Å². The minimum Gasteiger partial charge on any atom is -0.383 e. The normalized spacial score (nSPS) is 16.8. The highest BCUT2D eigenvalue weighted by Gasteiger charge is 2.20. The summed E-state index contributed by atoms with van der Waals surface area (Å²) in [6, 6.07) is 17.1. The van der Waals surface area contributed by atoms with Crippen LogP contribution in [0.3, 0.4) is 0 Å². The molecule has 2 aliphatic heterocycles. The van der Waals surface area contributed by atoms with Crippen molar-refractivity contribution in [2.45, 2.75) is 39.0 Å². The molecule has 252 valence electrons. The van der Waals surface area contributed by atoms with Gasteiger partial charge in [-0.25, -0.2) is 4.98 Å². The van der Waals surface area contributed by atoms with E-state index in [2.05, 4.69) is 15.4 Å². The molecule has 49 heavy (non-hydrogen) atoms. The first-order valence-electron chi connectivity index (χ1n) is 16.7. The van der Waals surface area contributed by atoms with E-state index in [0.717, 1.165) is 59.4 Å². The molecule has 5 aromatic rings. The summed E-state index contributed by atoms with van der Waals surface area (Å²) in [5.74, 6) is 0.338. The number of nitrogens with two attached hydrogens (primary N) is 1. The van der Waals surface area contributed by atoms with E-state index in [4.69, 9.17) is 19.9 Å². The Bertz CT molecular complexity index is 1970. The first-order valence-corrected chi connectivity index (χ1v) is 16.7. The van der Waals surface area contributed by atoms with E-state index in [9.17, 15) is 9.59 Å². The van der Waals surface area contributed by atoms with Crippen molar-refractivity contribution < 1.29 is 19.0 Å². The third kappa shape index (κ3) is 7.64. The van der Waals surface area contributed by atoms with Crippen molar-refractivity contribution in [1.29, 1.82) is 0 Å². The molecule has 0 unspecified atom stereocenters. The van der Waals surface area contributed by atoms with Gasteiger partial charge in [0.15, 0.2) is 0 Å². The summed E-state index contributed by atoms with van der Waals surface area (Å²) in [6.07, 6.45) is 10.9. The van der Waals surface area contributed by atoms with Crippen LogP contribution in [0.4, 0.5) is 11.5 Å². The SMILES string of the molecule is Cc1ccc(-c2cn(CC3CCOCC3)cc(C(=O)Nc3ccc(-c4cc(-c5cnn(C[C@H]6COCCO6)c5)cnc4N)cc3)c2=O)cc1. The van der Waals surface area contributed by atoms with Gasteiger partial charge >= 0.3 is 0 Å². The Morgan fingerprint density at radius 1 is 0.857 bits per heavy atom. The Morgan fingerprint density at radius 3 is 2.37 bits per heavy atom. The van der Waals surface area contributed by atoms with Crippen molar-refractivity contribution in [3.05, 3.63) is 107 Å². The number of hydrogen-bond donors (Lipinski definition) is 2. The van der Waals surface area contributed by atoms with Gasteiger partial charge in [0.2, 0.25) is 5.43 Å². The molecule has 2 fully saturated rings. The maximum atomic E-state index is 13.7. The topological polar surface area (TPSA) is 136 Å². The van der Waals surface area contributed by atoms with E-state index in [0.29, 0.717) is 55.9 Å². The number of amides is 1. The van der Waals surface area contributed by atoms with E-state index >= 15 is 0 Å². The van der Waals surface area contributed by atoms with Crippen molar-refractivity contribution in [2.75, 3.05) is 44.1 Å². The van der Waals surface area contributed by atoms with Crippen LogP contribution in [0.2, 0.25) is 0 Å². The van der Waals surface area contributed by atoms with Gasteiger partial charge in [0.1, 0.15) is 17.5 Å². The Morgan fingerprint density at radius 2 is 1.61 bits per heavy atom. The lowest BCUT2D eigenvalue weighted by atomic mass is 9.99. The molecule has 0 bridgehead atoms. The minimum absolute atomic E-state index is 0.0316. The molecule has 2 saturated heterocycles. The molecule has 5 heterocycles. The van der Waals surface area contributed by atoms with Gasteiger partial charge in [-0.2, -0.15) is 5.10 Å².